The summed E-state index contributed by atoms with van der Waals surface area (Å²) in [6, 6.07) is 10.1. The van der Waals surface area contributed by atoms with Crippen molar-refractivity contribution in [2.45, 2.75) is 25.9 Å². The summed E-state index contributed by atoms with van der Waals surface area (Å²) in [5.74, 6) is -3.58. The van der Waals surface area contributed by atoms with Crippen LogP contribution in [0.5, 0.6) is 5.75 Å². The quantitative estimate of drug-likeness (QED) is 0.451. The highest BCUT2D eigenvalue weighted by Crippen LogP contribution is 2.29. The number of alkyl halides is 5. The van der Waals surface area contributed by atoms with E-state index in [1.807, 2.05) is 0 Å². The summed E-state index contributed by atoms with van der Waals surface area (Å²) in [7, 11) is 0. The van der Waals surface area contributed by atoms with Gasteiger partial charge in [0, 0.05) is 29.8 Å². The van der Waals surface area contributed by atoms with Crippen LogP contribution in [0.15, 0.2) is 47.5 Å². The van der Waals surface area contributed by atoms with E-state index in [0.717, 1.165) is 0 Å². The molecule has 0 spiro atoms. The molecule has 2 N–H and O–H groups in total. The fraction of sp³-hybridized carbons (Fsp3) is 0.211. The van der Waals surface area contributed by atoms with Crippen molar-refractivity contribution in [2.24, 2.45) is 10.7 Å². The minimum Gasteiger partial charge on any atom is -0.434 e. The van der Waals surface area contributed by atoms with Crippen molar-refractivity contribution < 1.29 is 36.3 Å². The van der Waals surface area contributed by atoms with Gasteiger partial charge in [-0.15, -0.1) is 0 Å². The van der Waals surface area contributed by atoms with Crippen LogP contribution >= 0.6 is 0 Å². The number of amidine groups is 1. The van der Waals surface area contributed by atoms with Gasteiger partial charge in [0.25, 0.3) is 5.91 Å². The van der Waals surface area contributed by atoms with Crippen molar-refractivity contribution in [3.8, 4) is 5.75 Å². The third-order valence-electron chi connectivity index (χ3n) is 4.30. The monoisotopic (exact) mass is 427 g/mol. The van der Waals surface area contributed by atoms with Gasteiger partial charge in [-0.1, -0.05) is 30.3 Å². The molecule has 1 heterocycles. The Morgan fingerprint density at radius 2 is 1.90 bits per heavy atom. The first-order valence-electron chi connectivity index (χ1n) is 8.47. The maximum atomic E-state index is 12.7. The highest BCUT2D eigenvalue weighted by atomic mass is 19.4. The molecule has 2 aromatic carbocycles. The van der Waals surface area contributed by atoms with E-state index in [9.17, 15) is 31.5 Å². The highest BCUT2D eigenvalue weighted by Gasteiger charge is 2.39. The predicted molar refractivity (Wildman–Crippen MR) is 94.9 cm³/mol. The standard InChI is InChI=1S/C19H14F5N3O3/c20-18(21)30-14-4-2-1-3-12(14)9-27-8-11-6-5-10(7-13(11)16(27)28)15(25)26-17(29)19(22,23)24/h1-7,18H,8-9H2,(H2,25,26,29). The molecule has 11 heteroatoms. The minimum absolute atomic E-state index is 0.0250. The Labute approximate surface area is 166 Å². The van der Waals surface area contributed by atoms with E-state index in [-0.39, 0.29) is 30.0 Å². The number of halogens is 5. The largest absolute Gasteiger partial charge is 0.473 e. The number of carbonyl (C=O) groups is 2. The summed E-state index contributed by atoms with van der Waals surface area (Å²) >= 11 is 0. The van der Waals surface area contributed by atoms with Crippen molar-refractivity contribution in [1.82, 2.24) is 4.90 Å². The number of aliphatic imine (C=N–C) groups is 1. The number of hydrogen-bond acceptors (Lipinski definition) is 3. The molecule has 0 bridgehead atoms. The Bertz CT molecular complexity index is 1020. The lowest BCUT2D eigenvalue weighted by Crippen LogP contribution is -2.25. The number of rotatable bonds is 5. The molecule has 2 aromatic rings. The summed E-state index contributed by atoms with van der Waals surface area (Å²) in [6.07, 6.45) is -5.17. The van der Waals surface area contributed by atoms with E-state index in [4.69, 9.17) is 5.73 Å². The molecule has 0 saturated heterocycles. The molecule has 0 fully saturated rings. The average molecular weight is 427 g/mol. The van der Waals surface area contributed by atoms with Gasteiger partial charge in [-0.05, 0) is 17.7 Å². The Balaban J connectivity index is 1.82. The van der Waals surface area contributed by atoms with Crippen LogP contribution in [0.25, 0.3) is 0 Å². The number of nitrogens with zero attached hydrogens (tertiary/aromatic N) is 2. The van der Waals surface area contributed by atoms with E-state index >= 15 is 0 Å². The van der Waals surface area contributed by atoms with Crippen LogP contribution < -0.4 is 10.5 Å². The first kappa shape index (κ1) is 21.2. The van der Waals surface area contributed by atoms with Gasteiger partial charge >= 0.3 is 18.7 Å². The van der Waals surface area contributed by atoms with E-state index in [1.54, 1.807) is 6.07 Å². The second-order valence-electron chi connectivity index (χ2n) is 6.32. The van der Waals surface area contributed by atoms with Gasteiger partial charge in [0.15, 0.2) is 0 Å². The number of amides is 2. The number of nitrogens with two attached hydrogens (primary N) is 1. The smallest absolute Gasteiger partial charge is 0.434 e. The third kappa shape index (κ3) is 4.56. The summed E-state index contributed by atoms with van der Waals surface area (Å²) in [5.41, 5.74) is 6.53. The zero-order valence-corrected chi connectivity index (χ0v) is 15.1. The lowest BCUT2D eigenvalue weighted by Gasteiger charge is -2.18. The molecule has 0 unspecified atom stereocenters. The summed E-state index contributed by atoms with van der Waals surface area (Å²) in [4.78, 5) is 27.8. The van der Waals surface area contributed by atoms with Crippen LogP contribution in [0.2, 0.25) is 0 Å². The molecule has 1 aliphatic rings. The molecular weight excluding hydrogens is 413 g/mol. The molecule has 0 aromatic heterocycles. The zero-order valence-electron chi connectivity index (χ0n) is 15.1. The molecule has 2 amide bonds. The Morgan fingerprint density at radius 1 is 1.20 bits per heavy atom. The Hall–Kier alpha value is -3.50. The van der Waals surface area contributed by atoms with E-state index < -0.39 is 30.4 Å². The third-order valence-corrected chi connectivity index (χ3v) is 4.30. The van der Waals surface area contributed by atoms with Crippen LogP contribution in [0.1, 0.15) is 27.0 Å². The van der Waals surface area contributed by atoms with Crippen LogP contribution in [0.4, 0.5) is 22.0 Å². The maximum absolute atomic E-state index is 12.7. The number of para-hydroxylation sites is 1. The van der Waals surface area contributed by atoms with E-state index in [2.05, 4.69) is 9.73 Å². The first-order valence-corrected chi connectivity index (χ1v) is 8.47. The average Bonchev–Trinajstić information content (AvgIpc) is 2.97. The molecular formula is C19H14F5N3O3. The van der Waals surface area contributed by atoms with Gasteiger partial charge in [-0.25, -0.2) is 0 Å². The maximum Gasteiger partial charge on any atom is 0.473 e. The number of carbonyl (C=O) groups excluding carboxylic acids is 2. The first-order chi connectivity index (χ1) is 14.1. The molecule has 0 radical (unpaired) electrons. The van der Waals surface area contributed by atoms with Gasteiger partial charge in [-0.2, -0.15) is 26.9 Å². The molecule has 158 valence electrons. The van der Waals surface area contributed by atoms with Gasteiger partial charge in [0.05, 0.1) is 0 Å². The topological polar surface area (TPSA) is 85.0 Å². The number of ether oxygens (including phenoxy) is 1. The second kappa shape index (κ2) is 8.09. The van der Waals surface area contributed by atoms with Crippen LogP contribution in [0.3, 0.4) is 0 Å². The van der Waals surface area contributed by atoms with Crippen LogP contribution in [-0.2, 0) is 17.9 Å². The Morgan fingerprint density at radius 3 is 2.57 bits per heavy atom. The van der Waals surface area contributed by atoms with Gasteiger partial charge < -0.3 is 15.4 Å². The normalized spacial score (nSPS) is 14.3. The van der Waals surface area contributed by atoms with Crippen molar-refractivity contribution >= 4 is 17.6 Å². The molecule has 6 nitrogen and oxygen atoms in total. The van der Waals surface area contributed by atoms with E-state index in [0.29, 0.717) is 11.1 Å². The van der Waals surface area contributed by atoms with Crippen LogP contribution in [0, 0.1) is 0 Å². The van der Waals surface area contributed by atoms with Gasteiger partial charge in [0.1, 0.15) is 11.6 Å². The second-order valence-corrected chi connectivity index (χ2v) is 6.32. The van der Waals surface area contributed by atoms with Crippen molar-refractivity contribution in [2.75, 3.05) is 0 Å². The van der Waals surface area contributed by atoms with Gasteiger partial charge in [0.2, 0.25) is 0 Å². The lowest BCUT2D eigenvalue weighted by molar-refractivity contribution is -0.169. The predicted octanol–water partition coefficient (Wildman–Crippen LogP) is 3.24. The molecule has 1 aliphatic heterocycles. The molecule has 3 rings (SSSR count). The van der Waals surface area contributed by atoms with Gasteiger partial charge in [-0.3, -0.25) is 9.59 Å². The number of hydrogen-bond donors (Lipinski definition) is 1. The Kier molecular flexibility index (Phi) is 5.72. The fourth-order valence-corrected chi connectivity index (χ4v) is 2.94. The van der Waals surface area contributed by atoms with Crippen molar-refractivity contribution in [3.63, 3.8) is 0 Å². The molecule has 0 atom stereocenters. The SMILES string of the molecule is NC(=NC(=O)C(F)(F)F)c1ccc2c(c1)C(=O)N(Cc1ccccc1OC(F)F)C2. The molecule has 30 heavy (non-hydrogen) atoms. The number of benzene rings is 2. The lowest BCUT2D eigenvalue weighted by atomic mass is 10.1. The fourth-order valence-electron chi connectivity index (χ4n) is 2.94. The van der Waals surface area contributed by atoms with Crippen LogP contribution in [-0.4, -0.2) is 35.3 Å². The van der Waals surface area contributed by atoms with Crippen molar-refractivity contribution in [1.29, 1.82) is 0 Å². The zero-order chi connectivity index (χ0) is 22.1. The van der Waals surface area contributed by atoms with Crippen molar-refractivity contribution in [3.05, 3.63) is 64.7 Å². The molecule has 0 saturated carbocycles. The summed E-state index contributed by atoms with van der Waals surface area (Å²) in [5, 5.41) is 0. The minimum atomic E-state index is -5.17. The number of fused-ring (bicyclic) bond motifs is 1. The van der Waals surface area contributed by atoms with E-state index in [1.165, 1.54) is 41.3 Å². The molecule has 0 aliphatic carbocycles. The summed E-state index contributed by atoms with van der Waals surface area (Å²) < 4.78 is 66.6. The highest BCUT2D eigenvalue weighted by molar-refractivity contribution is 6.07. The summed E-state index contributed by atoms with van der Waals surface area (Å²) in [6.45, 7) is -2.90.